The molecule has 3 aromatic heterocycles. The van der Waals surface area contributed by atoms with Crippen molar-refractivity contribution in [2.24, 2.45) is 0 Å². The fourth-order valence-corrected chi connectivity index (χ4v) is 2.05. The average Bonchev–Trinajstić information content (AvgIpc) is 2.91. The van der Waals surface area contributed by atoms with Crippen LogP contribution >= 0.6 is 0 Å². The maximum Gasteiger partial charge on any atom is 0.333 e. The first-order valence-electron chi connectivity index (χ1n) is 6.33. The van der Waals surface area contributed by atoms with Crippen LogP contribution in [0, 0.1) is 5.21 Å². The summed E-state index contributed by atoms with van der Waals surface area (Å²) in [5.74, 6) is 0.415. The quantitative estimate of drug-likeness (QED) is 0.584. The molecule has 0 saturated carbocycles. The molecule has 0 saturated heterocycles. The topological polar surface area (TPSA) is 77.9 Å². The molecule has 1 N–H and O–H groups in total. The zero-order valence-corrected chi connectivity index (χ0v) is 11.2. The normalized spacial score (nSPS) is 11.2. The van der Waals surface area contributed by atoms with Gasteiger partial charge < -0.3 is 14.9 Å². The molecule has 0 aliphatic rings. The molecule has 3 aromatic rings. The molecular weight excluding hydrogens is 256 g/mol. The second-order valence-corrected chi connectivity index (χ2v) is 4.83. The summed E-state index contributed by atoms with van der Waals surface area (Å²) in [6.07, 6.45) is 6.09. The first-order valence-corrected chi connectivity index (χ1v) is 6.33. The number of hydrogen-bond donors (Lipinski definition) is 1. The Balaban J connectivity index is 2.12. The average molecular weight is 270 g/mol. The Hall–Kier alpha value is -2.63. The van der Waals surface area contributed by atoms with E-state index >= 15 is 0 Å². The van der Waals surface area contributed by atoms with Gasteiger partial charge in [0.2, 0.25) is 5.89 Å². The molecule has 0 unspecified atom stereocenters. The lowest BCUT2D eigenvalue weighted by atomic mass is 10.2. The van der Waals surface area contributed by atoms with Crippen molar-refractivity contribution in [3.63, 3.8) is 0 Å². The molecule has 0 aliphatic heterocycles. The van der Waals surface area contributed by atoms with Crippen molar-refractivity contribution in [1.82, 2.24) is 9.97 Å². The number of oxazole rings is 1. The molecule has 20 heavy (non-hydrogen) atoms. The van der Waals surface area contributed by atoms with Crippen molar-refractivity contribution >= 4 is 16.7 Å². The largest absolute Gasteiger partial charge is 0.710 e. The fraction of sp³-hybridized carbons (Fsp3) is 0.214. The van der Waals surface area contributed by atoms with Crippen molar-refractivity contribution in [2.45, 2.75) is 19.9 Å². The van der Waals surface area contributed by atoms with E-state index in [1.807, 2.05) is 26.0 Å². The SMILES string of the molecule is CC(C)Nc1cnc2c(c1)cc(-c1ncco1)c[n+]2[O-]. The highest BCUT2D eigenvalue weighted by atomic mass is 16.5. The summed E-state index contributed by atoms with van der Waals surface area (Å²) in [5, 5.41) is 16.0. The summed E-state index contributed by atoms with van der Waals surface area (Å²) in [6, 6.07) is 4.03. The van der Waals surface area contributed by atoms with Crippen molar-refractivity contribution < 1.29 is 9.15 Å². The molecule has 0 amide bonds. The van der Waals surface area contributed by atoms with Gasteiger partial charge in [-0.25, -0.2) is 9.71 Å². The predicted molar refractivity (Wildman–Crippen MR) is 75.0 cm³/mol. The van der Waals surface area contributed by atoms with Crippen LogP contribution in [0.1, 0.15) is 13.8 Å². The number of rotatable bonds is 3. The smallest absolute Gasteiger partial charge is 0.333 e. The minimum Gasteiger partial charge on any atom is -0.710 e. The highest BCUT2D eigenvalue weighted by molar-refractivity contribution is 5.79. The first kappa shape index (κ1) is 12.4. The van der Waals surface area contributed by atoms with Crippen LogP contribution in [0.4, 0.5) is 5.69 Å². The molecule has 0 atom stereocenters. The zero-order chi connectivity index (χ0) is 14.1. The van der Waals surface area contributed by atoms with Crippen LogP contribution in [0.5, 0.6) is 0 Å². The zero-order valence-electron chi connectivity index (χ0n) is 11.2. The number of aromatic nitrogens is 3. The van der Waals surface area contributed by atoms with Gasteiger partial charge in [0.05, 0.1) is 22.8 Å². The summed E-state index contributed by atoms with van der Waals surface area (Å²) >= 11 is 0. The van der Waals surface area contributed by atoms with Crippen LogP contribution in [0.3, 0.4) is 0 Å². The van der Waals surface area contributed by atoms with Gasteiger partial charge in [-0.05, 0) is 31.0 Å². The van der Waals surface area contributed by atoms with Gasteiger partial charge in [-0.2, -0.15) is 0 Å². The third-order valence-corrected chi connectivity index (χ3v) is 2.81. The third kappa shape index (κ3) is 2.27. The standard InChI is InChI=1S/C14H14N4O2/c1-9(2)17-12-6-10-5-11(14-15-3-4-20-14)8-18(19)13(10)16-7-12/h3-9,17H,1-2H3. The van der Waals surface area contributed by atoms with Crippen LogP contribution in [-0.4, -0.2) is 16.0 Å². The second kappa shape index (κ2) is 4.80. The van der Waals surface area contributed by atoms with Crippen molar-refractivity contribution in [1.29, 1.82) is 0 Å². The predicted octanol–water partition coefficient (Wildman–Crippen LogP) is 2.34. The summed E-state index contributed by atoms with van der Waals surface area (Å²) in [4.78, 5) is 8.24. The Morgan fingerprint density at radius 3 is 2.85 bits per heavy atom. The maximum atomic E-state index is 12.0. The van der Waals surface area contributed by atoms with E-state index < -0.39 is 0 Å². The van der Waals surface area contributed by atoms with Crippen LogP contribution < -0.4 is 10.0 Å². The van der Waals surface area contributed by atoms with E-state index in [0.717, 1.165) is 15.8 Å². The van der Waals surface area contributed by atoms with Gasteiger partial charge in [-0.15, -0.1) is 0 Å². The molecule has 0 bridgehead atoms. The molecule has 3 rings (SSSR count). The molecule has 0 aromatic carbocycles. The molecule has 0 spiro atoms. The Bertz CT molecular complexity index is 738. The lowest BCUT2D eigenvalue weighted by molar-refractivity contribution is -0.578. The molecule has 6 heteroatoms. The summed E-state index contributed by atoms with van der Waals surface area (Å²) < 4.78 is 5.95. The number of anilines is 1. The van der Waals surface area contributed by atoms with E-state index in [2.05, 4.69) is 15.3 Å². The van der Waals surface area contributed by atoms with E-state index in [4.69, 9.17) is 4.42 Å². The number of pyridine rings is 2. The highest BCUT2D eigenvalue weighted by Gasteiger charge is 2.12. The van der Waals surface area contributed by atoms with Gasteiger partial charge in [0, 0.05) is 6.04 Å². The van der Waals surface area contributed by atoms with Crippen molar-refractivity contribution in [2.75, 3.05) is 5.32 Å². The Morgan fingerprint density at radius 2 is 2.15 bits per heavy atom. The lowest BCUT2D eigenvalue weighted by Gasteiger charge is -2.10. The van der Waals surface area contributed by atoms with E-state index in [1.54, 1.807) is 12.4 Å². The highest BCUT2D eigenvalue weighted by Crippen LogP contribution is 2.21. The molecule has 102 valence electrons. The van der Waals surface area contributed by atoms with Crippen LogP contribution in [-0.2, 0) is 0 Å². The monoisotopic (exact) mass is 270 g/mol. The Labute approximate surface area is 115 Å². The van der Waals surface area contributed by atoms with E-state index in [0.29, 0.717) is 23.1 Å². The second-order valence-electron chi connectivity index (χ2n) is 4.83. The van der Waals surface area contributed by atoms with Gasteiger partial charge in [0.25, 0.3) is 0 Å². The summed E-state index contributed by atoms with van der Waals surface area (Å²) in [7, 11) is 0. The molecule has 3 heterocycles. The van der Waals surface area contributed by atoms with Gasteiger partial charge >= 0.3 is 5.65 Å². The van der Waals surface area contributed by atoms with E-state index in [9.17, 15) is 5.21 Å². The van der Waals surface area contributed by atoms with E-state index in [-0.39, 0.29) is 0 Å². The van der Waals surface area contributed by atoms with Gasteiger partial charge in [-0.1, -0.05) is 0 Å². The van der Waals surface area contributed by atoms with Gasteiger partial charge in [0.1, 0.15) is 12.5 Å². The number of hydrogen-bond acceptors (Lipinski definition) is 5. The number of fused-ring (bicyclic) bond motifs is 1. The molecular formula is C14H14N4O2. The van der Waals surface area contributed by atoms with Crippen molar-refractivity contribution in [3.05, 3.63) is 42.2 Å². The summed E-state index contributed by atoms with van der Waals surface area (Å²) in [5.41, 5.74) is 1.87. The minimum absolute atomic E-state index is 0.295. The van der Waals surface area contributed by atoms with Crippen LogP contribution in [0.15, 0.2) is 41.4 Å². The molecule has 0 aliphatic carbocycles. The van der Waals surface area contributed by atoms with Gasteiger partial charge in [0.15, 0.2) is 6.20 Å². The van der Waals surface area contributed by atoms with Crippen LogP contribution in [0.2, 0.25) is 0 Å². The fourth-order valence-electron chi connectivity index (χ4n) is 2.05. The number of nitrogens with zero attached hydrogens (tertiary/aromatic N) is 3. The third-order valence-electron chi connectivity index (χ3n) is 2.81. The van der Waals surface area contributed by atoms with Gasteiger partial charge in [-0.3, -0.25) is 0 Å². The molecule has 6 nitrogen and oxygen atoms in total. The Kier molecular flexibility index (Phi) is 2.98. The molecule has 0 radical (unpaired) electrons. The molecule has 0 fully saturated rings. The van der Waals surface area contributed by atoms with E-state index in [1.165, 1.54) is 12.5 Å². The lowest BCUT2D eigenvalue weighted by Crippen LogP contribution is -2.27. The number of nitrogens with one attached hydrogen (secondary N) is 1. The minimum atomic E-state index is 0.295. The first-order chi connectivity index (χ1) is 9.63. The Morgan fingerprint density at radius 1 is 1.30 bits per heavy atom. The summed E-state index contributed by atoms with van der Waals surface area (Å²) in [6.45, 7) is 4.09. The van der Waals surface area contributed by atoms with Crippen molar-refractivity contribution in [3.8, 4) is 11.5 Å². The van der Waals surface area contributed by atoms with Crippen LogP contribution in [0.25, 0.3) is 22.5 Å². The maximum absolute atomic E-state index is 12.0.